The first-order valence-corrected chi connectivity index (χ1v) is 9.36. The first-order chi connectivity index (χ1) is 12.7. The number of carbonyl (C=O) groups excluding carboxylic acids is 1. The number of fused-ring (bicyclic) bond motifs is 1. The molecule has 6 nitrogen and oxygen atoms in total. The summed E-state index contributed by atoms with van der Waals surface area (Å²) in [6.07, 6.45) is 0. The van der Waals surface area contributed by atoms with Gasteiger partial charge < -0.3 is 10.1 Å². The van der Waals surface area contributed by atoms with Crippen molar-refractivity contribution in [2.24, 2.45) is 0 Å². The van der Waals surface area contributed by atoms with Crippen LogP contribution in [0, 0.1) is 0 Å². The molecule has 0 aliphatic carbocycles. The van der Waals surface area contributed by atoms with Crippen LogP contribution in [0.3, 0.4) is 0 Å². The van der Waals surface area contributed by atoms with Gasteiger partial charge in [0.25, 0.3) is 0 Å². The van der Waals surface area contributed by atoms with Crippen molar-refractivity contribution in [3.63, 3.8) is 0 Å². The van der Waals surface area contributed by atoms with Crippen molar-refractivity contribution in [1.29, 1.82) is 0 Å². The minimum absolute atomic E-state index is 0.287. The maximum Gasteiger partial charge on any atom is 0.324 e. The molecule has 0 bridgehead atoms. The van der Waals surface area contributed by atoms with E-state index in [1.165, 1.54) is 0 Å². The fourth-order valence-corrected chi connectivity index (χ4v) is 3.88. The van der Waals surface area contributed by atoms with Crippen molar-refractivity contribution in [2.45, 2.75) is 11.5 Å². The summed E-state index contributed by atoms with van der Waals surface area (Å²) in [6, 6.07) is 16.7. The van der Waals surface area contributed by atoms with Crippen LogP contribution in [0.25, 0.3) is 5.69 Å². The molecule has 0 saturated carbocycles. The average molecular weight is 366 g/mol. The van der Waals surface area contributed by atoms with Gasteiger partial charge in [-0.05, 0) is 36.4 Å². The molecule has 0 fully saturated rings. The Morgan fingerprint density at radius 1 is 1.08 bits per heavy atom. The Balaban J connectivity index is 1.63. The molecule has 1 aromatic heterocycles. The third-order valence-corrected chi connectivity index (χ3v) is 5.10. The highest BCUT2D eigenvalue weighted by Gasteiger charge is 2.24. The molecule has 0 atom stereocenters. The monoisotopic (exact) mass is 366 g/mol. The molecule has 132 valence electrons. The minimum Gasteiger partial charge on any atom is -0.497 e. The molecule has 1 aliphatic rings. The van der Waals surface area contributed by atoms with Crippen LogP contribution in [0.5, 0.6) is 5.75 Å². The zero-order valence-electron chi connectivity index (χ0n) is 14.2. The number of benzene rings is 2. The summed E-state index contributed by atoms with van der Waals surface area (Å²) in [5.41, 5.74) is 3.71. The minimum atomic E-state index is -0.287. The number of rotatable bonds is 4. The van der Waals surface area contributed by atoms with E-state index in [9.17, 15) is 4.79 Å². The summed E-state index contributed by atoms with van der Waals surface area (Å²) in [5, 5.41) is 10.5. The van der Waals surface area contributed by atoms with E-state index in [2.05, 4.69) is 15.7 Å². The van der Waals surface area contributed by atoms with Gasteiger partial charge in [0.1, 0.15) is 11.6 Å². The molecule has 2 N–H and O–H groups in total. The number of ether oxygens (including phenoxy) is 1. The van der Waals surface area contributed by atoms with Gasteiger partial charge in [-0.15, -0.1) is 0 Å². The van der Waals surface area contributed by atoms with Gasteiger partial charge in [-0.2, -0.15) is 16.9 Å². The van der Waals surface area contributed by atoms with Crippen molar-refractivity contribution in [2.75, 3.05) is 17.7 Å². The van der Waals surface area contributed by atoms with Crippen molar-refractivity contribution < 1.29 is 9.53 Å². The molecular weight excluding hydrogens is 348 g/mol. The third kappa shape index (κ3) is 3.25. The molecule has 2 heterocycles. The maximum atomic E-state index is 12.5. The second-order valence-electron chi connectivity index (χ2n) is 5.82. The molecule has 0 radical (unpaired) electrons. The number of amides is 2. The van der Waals surface area contributed by atoms with E-state index in [4.69, 9.17) is 4.74 Å². The average Bonchev–Trinajstić information content (AvgIpc) is 3.25. The summed E-state index contributed by atoms with van der Waals surface area (Å²) >= 11 is 1.80. The van der Waals surface area contributed by atoms with Crippen LogP contribution in [-0.2, 0) is 11.5 Å². The predicted molar refractivity (Wildman–Crippen MR) is 104 cm³/mol. The van der Waals surface area contributed by atoms with Gasteiger partial charge in [0.15, 0.2) is 0 Å². The largest absolute Gasteiger partial charge is 0.497 e. The molecule has 0 saturated heterocycles. The lowest BCUT2D eigenvalue weighted by molar-refractivity contribution is 0.262. The lowest BCUT2D eigenvalue weighted by atomic mass is 10.2. The number of hydrogen-bond donors (Lipinski definition) is 2. The van der Waals surface area contributed by atoms with E-state index >= 15 is 0 Å². The fraction of sp³-hybridized carbons (Fsp3) is 0.158. The Labute approximate surface area is 155 Å². The fourth-order valence-electron chi connectivity index (χ4n) is 2.84. The summed E-state index contributed by atoms with van der Waals surface area (Å²) < 4.78 is 7.00. The quantitative estimate of drug-likeness (QED) is 0.723. The summed E-state index contributed by atoms with van der Waals surface area (Å²) in [7, 11) is 1.63. The number of hydrogen-bond acceptors (Lipinski definition) is 4. The standard InChI is InChI=1S/C19H18N4O2S/c1-25-15-9-7-14(8-10-15)23-18(16-11-26-12-17(16)22-23)21-19(24)20-13-5-3-2-4-6-13/h2-10H,11-12H2,1H3,(H2,20,21,24). The Bertz CT molecular complexity index is 923. The van der Waals surface area contributed by atoms with Gasteiger partial charge in [-0.3, -0.25) is 5.32 Å². The first-order valence-electron chi connectivity index (χ1n) is 8.20. The van der Waals surface area contributed by atoms with Gasteiger partial charge in [0, 0.05) is 22.8 Å². The van der Waals surface area contributed by atoms with Gasteiger partial charge in [0.05, 0.1) is 18.5 Å². The lowest BCUT2D eigenvalue weighted by Gasteiger charge is -2.12. The van der Waals surface area contributed by atoms with Crippen LogP contribution in [0.4, 0.5) is 16.3 Å². The smallest absolute Gasteiger partial charge is 0.324 e. The van der Waals surface area contributed by atoms with Crippen LogP contribution in [0.15, 0.2) is 54.6 Å². The number of nitrogens with one attached hydrogen (secondary N) is 2. The second-order valence-corrected chi connectivity index (χ2v) is 6.81. The molecule has 4 rings (SSSR count). The number of para-hydroxylation sites is 1. The number of thioether (sulfide) groups is 1. The van der Waals surface area contributed by atoms with Crippen LogP contribution >= 0.6 is 11.8 Å². The highest BCUT2D eigenvalue weighted by atomic mass is 32.2. The molecule has 0 unspecified atom stereocenters. The van der Waals surface area contributed by atoms with Gasteiger partial charge in [-0.1, -0.05) is 18.2 Å². The third-order valence-electron chi connectivity index (χ3n) is 4.13. The van der Waals surface area contributed by atoms with Gasteiger partial charge in [-0.25, -0.2) is 9.48 Å². The number of carbonyl (C=O) groups is 1. The van der Waals surface area contributed by atoms with Crippen LogP contribution in [0.2, 0.25) is 0 Å². The first kappa shape index (κ1) is 16.5. The van der Waals surface area contributed by atoms with E-state index in [-0.39, 0.29) is 6.03 Å². The highest BCUT2D eigenvalue weighted by Crippen LogP contribution is 2.36. The number of nitrogens with zero attached hydrogens (tertiary/aromatic N) is 2. The van der Waals surface area contributed by atoms with Crippen molar-refractivity contribution >= 4 is 29.3 Å². The maximum absolute atomic E-state index is 12.5. The van der Waals surface area contributed by atoms with Gasteiger partial charge in [0.2, 0.25) is 0 Å². The lowest BCUT2D eigenvalue weighted by Crippen LogP contribution is -2.22. The number of anilines is 2. The molecule has 2 amide bonds. The predicted octanol–water partition coefficient (Wildman–Crippen LogP) is 4.27. The van der Waals surface area contributed by atoms with Crippen molar-refractivity contribution in [1.82, 2.24) is 9.78 Å². The van der Waals surface area contributed by atoms with Crippen LogP contribution in [0.1, 0.15) is 11.3 Å². The normalized spacial score (nSPS) is 12.5. The van der Waals surface area contributed by atoms with Gasteiger partial charge >= 0.3 is 6.03 Å². The van der Waals surface area contributed by atoms with E-state index < -0.39 is 0 Å². The molecule has 7 heteroatoms. The summed E-state index contributed by atoms with van der Waals surface area (Å²) in [5.74, 6) is 3.18. The second kappa shape index (κ2) is 7.13. The number of aromatic nitrogens is 2. The van der Waals surface area contributed by atoms with E-state index in [0.29, 0.717) is 5.82 Å². The highest BCUT2D eigenvalue weighted by molar-refractivity contribution is 7.98. The summed E-state index contributed by atoms with van der Waals surface area (Å²) in [6.45, 7) is 0. The Morgan fingerprint density at radius 2 is 1.85 bits per heavy atom. The number of methoxy groups -OCH3 is 1. The Hall–Kier alpha value is -2.93. The SMILES string of the molecule is COc1ccc(-n2nc3c(c2NC(=O)Nc2ccccc2)CSC3)cc1. The molecule has 26 heavy (non-hydrogen) atoms. The topological polar surface area (TPSA) is 68.2 Å². The molecule has 1 aliphatic heterocycles. The molecular formula is C19H18N4O2S. The summed E-state index contributed by atoms with van der Waals surface area (Å²) in [4.78, 5) is 12.5. The number of urea groups is 1. The van der Waals surface area contributed by atoms with E-state index in [1.54, 1.807) is 23.6 Å². The van der Waals surface area contributed by atoms with Crippen LogP contribution < -0.4 is 15.4 Å². The molecule has 0 spiro atoms. The van der Waals surface area contributed by atoms with Crippen molar-refractivity contribution in [3.8, 4) is 11.4 Å². The van der Waals surface area contributed by atoms with E-state index in [0.717, 1.165) is 39.9 Å². The Kier molecular flexibility index (Phi) is 4.53. The zero-order valence-corrected chi connectivity index (χ0v) is 15.0. The van der Waals surface area contributed by atoms with Crippen molar-refractivity contribution in [3.05, 3.63) is 65.9 Å². The zero-order chi connectivity index (χ0) is 17.9. The van der Waals surface area contributed by atoms with Crippen LogP contribution in [-0.4, -0.2) is 22.9 Å². The molecule has 3 aromatic rings. The van der Waals surface area contributed by atoms with E-state index in [1.807, 2.05) is 54.6 Å². The molecule has 2 aromatic carbocycles. The Morgan fingerprint density at radius 3 is 2.58 bits per heavy atom.